The normalized spacial score (nSPS) is 46.5. The first kappa shape index (κ1) is 14.3. The highest BCUT2D eigenvalue weighted by Gasteiger charge is 2.43. The van der Waals surface area contributed by atoms with E-state index in [1.165, 1.54) is 6.42 Å². The van der Waals surface area contributed by atoms with Crippen molar-refractivity contribution in [3.05, 3.63) is 0 Å². The Hall–Kier alpha value is -0.160. The zero-order valence-electron chi connectivity index (χ0n) is 12.0. The highest BCUT2D eigenvalue weighted by Crippen LogP contribution is 2.34. The van der Waals surface area contributed by atoms with Crippen LogP contribution in [-0.4, -0.2) is 61.7 Å². The molecule has 0 spiro atoms. The van der Waals surface area contributed by atoms with Gasteiger partial charge in [0.05, 0.1) is 18.3 Å². The van der Waals surface area contributed by atoms with Crippen molar-refractivity contribution in [3.63, 3.8) is 0 Å². The fourth-order valence-corrected chi connectivity index (χ4v) is 3.87. The van der Waals surface area contributed by atoms with E-state index < -0.39 is 0 Å². The molecule has 18 heavy (non-hydrogen) atoms. The van der Waals surface area contributed by atoms with Crippen molar-refractivity contribution in [2.75, 3.05) is 27.3 Å². The van der Waals surface area contributed by atoms with E-state index in [0.717, 1.165) is 19.5 Å². The maximum Gasteiger partial charge on any atom is 0.0971 e. The molecule has 1 heterocycles. The lowest BCUT2D eigenvalue weighted by atomic mass is 9.77. The molecule has 1 aliphatic heterocycles. The number of nitrogens with zero attached hydrogens (tertiary/aromatic N) is 1. The predicted octanol–water partition coefficient (Wildman–Crippen LogP) is 1.13. The molecule has 0 amide bonds. The summed E-state index contributed by atoms with van der Waals surface area (Å²) in [5, 5.41) is 10.4. The summed E-state index contributed by atoms with van der Waals surface area (Å²) in [5.74, 6) is 1.17. The molecule has 0 bridgehead atoms. The Morgan fingerprint density at radius 2 is 1.56 bits per heavy atom. The lowest BCUT2D eigenvalue weighted by Gasteiger charge is -2.42. The number of hydrogen-bond acceptors (Lipinski definition) is 4. The van der Waals surface area contributed by atoms with Gasteiger partial charge in [-0.15, -0.1) is 0 Å². The molecule has 1 aliphatic carbocycles. The number of aliphatic hydroxyl groups excluding tert-OH is 1. The van der Waals surface area contributed by atoms with E-state index in [1.807, 2.05) is 0 Å². The first-order valence-corrected chi connectivity index (χ1v) is 7.04. The van der Waals surface area contributed by atoms with E-state index in [1.54, 1.807) is 14.2 Å². The standard InChI is InChI=1S/C14H27NO3/c1-9-5-10(2)14(11(16)6-9)15-7-12(17-3)13(8-15)18-4/h9-14,16H,5-8H2,1-4H3. The Labute approximate surface area is 110 Å². The zero-order valence-corrected chi connectivity index (χ0v) is 12.0. The van der Waals surface area contributed by atoms with Gasteiger partial charge >= 0.3 is 0 Å². The van der Waals surface area contributed by atoms with Gasteiger partial charge in [-0.2, -0.15) is 0 Å². The highest BCUT2D eigenvalue weighted by atomic mass is 16.5. The van der Waals surface area contributed by atoms with Gasteiger partial charge < -0.3 is 14.6 Å². The maximum atomic E-state index is 10.4. The van der Waals surface area contributed by atoms with Crippen molar-refractivity contribution in [1.29, 1.82) is 0 Å². The smallest absolute Gasteiger partial charge is 0.0971 e. The van der Waals surface area contributed by atoms with Crippen LogP contribution in [0.5, 0.6) is 0 Å². The third kappa shape index (κ3) is 2.72. The summed E-state index contributed by atoms with van der Waals surface area (Å²) in [4.78, 5) is 2.36. The SMILES string of the molecule is COC1CN(C2C(C)CC(C)CC2O)CC1OC. The average molecular weight is 257 g/mol. The van der Waals surface area contributed by atoms with E-state index in [-0.39, 0.29) is 24.4 Å². The molecule has 6 atom stereocenters. The van der Waals surface area contributed by atoms with Crippen molar-refractivity contribution in [1.82, 2.24) is 4.90 Å². The number of aliphatic hydroxyl groups is 1. The second kappa shape index (κ2) is 5.87. The summed E-state index contributed by atoms with van der Waals surface area (Å²) >= 11 is 0. The van der Waals surface area contributed by atoms with Gasteiger partial charge in [0.25, 0.3) is 0 Å². The van der Waals surface area contributed by atoms with Gasteiger partial charge in [-0.1, -0.05) is 13.8 Å². The van der Waals surface area contributed by atoms with Crippen LogP contribution in [0.3, 0.4) is 0 Å². The number of hydrogen-bond donors (Lipinski definition) is 1. The van der Waals surface area contributed by atoms with E-state index in [4.69, 9.17) is 9.47 Å². The van der Waals surface area contributed by atoms with Crippen LogP contribution in [0.2, 0.25) is 0 Å². The minimum absolute atomic E-state index is 0.133. The summed E-state index contributed by atoms with van der Waals surface area (Å²) in [6.45, 7) is 6.23. The van der Waals surface area contributed by atoms with Gasteiger partial charge in [0.2, 0.25) is 0 Å². The Kier molecular flexibility index (Phi) is 4.64. The maximum absolute atomic E-state index is 10.4. The third-order valence-electron chi connectivity index (χ3n) is 4.67. The first-order chi connectivity index (χ1) is 8.56. The van der Waals surface area contributed by atoms with Crippen LogP contribution in [0.1, 0.15) is 26.7 Å². The van der Waals surface area contributed by atoms with Crippen LogP contribution in [-0.2, 0) is 9.47 Å². The first-order valence-electron chi connectivity index (χ1n) is 7.04. The summed E-state index contributed by atoms with van der Waals surface area (Å²) in [5.41, 5.74) is 0. The molecule has 1 saturated carbocycles. The van der Waals surface area contributed by atoms with Crippen LogP contribution >= 0.6 is 0 Å². The molecule has 4 nitrogen and oxygen atoms in total. The molecule has 2 rings (SSSR count). The van der Waals surface area contributed by atoms with Crippen molar-refractivity contribution < 1.29 is 14.6 Å². The Bertz CT molecular complexity index is 250. The quantitative estimate of drug-likeness (QED) is 0.823. The molecule has 2 fully saturated rings. The molecule has 2 aliphatic rings. The molecule has 4 heteroatoms. The van der Waals surface area contributed by atoms with Crippen LogP contribution in [0.15, 0.2) is 0 Å². The summed E-state index contributed by atoms with van der Waals surface area (Å²) in [6.07, 6.45) is 2.17. The van der Waals surface area contributed by atoms with Gasteiger partial charge in [-0.3, -0.25) is 4.90 Å². The molecular formula is C14H27NO3. The molecule has 1 N–H and O–H groups in total. The van der Waals surface area contributed by atoms with E-state index in [2.05, 4.69) is 18.7 Å². The fraction of sp³-hybridized carbons (Fsp3) is 1.00. The highest BCUT2D eigenvalue weighted by molar-refractivity contribution is 4.96. The summed E-state index contributed by atoms with van der Waals surface area (Å²) < 4.78 is 11.0. The number of methoxy groups -OCH3 is 2. The lowest BCUT2D eigenvalue weighted by Crippen LogP contribution is -2.50. The zero-order chi connectivity index (χ0) is 13.3. The van der Waals surface area contributed by atoms with Crippen LogP contribution in [0.4, 0.5) is 0 Å². The van der Waals surface area contributed by atoms with Crippen molar-refractivity contribution >= 4 is 0 Å². The molecule has 106 valence electrons. The molecule has 0 aromatic carbocycles. The Morgan fingerprint density at radius 3 is 2.00 bits per heavy atom. The second-order valence-electron chi connectivity index (χ2n) is 6.11. The largest absolute Gasteiger partial charge is 0.391 e. The molecule has 1 saturated heterocycles. The third-order valence-corrected chi connectivity index (χ3v) is 4.67. The molecule has 0 radical (unpaired) electrons. The number of ether oxygens (including phenoxy) is 2. The van der Waals surface area contributed by atoms with Gasteiger partial charge in [0, 0.05) is 33.4 Å². The number of rotatable bonds is 3. The van der Waals surface area contributed by atoms with Gasteiger partial charge in [-0.05, 0) is 24.7 Å². The van der Waals surface area contributed by atoms with Gasteiger partial charge in [0.1, 0.15) is 0 Å². The summed E-state index contributed by atoms with van der Waals surface area (Å²) in [6, 6.07) is 0.263. The molecule has 0 aromatic heterocycles. The Balaban J connectivity index is 2.03. The second-order valence-corrected chi connectivity index (χ2v) is 6.11. The predicted molar refractivity (Wildman–Crippen MR) is 70.5 cm³/mol. The van der Waals surface area contributed by atoms with E-state index in [0.29, 0.717) is 11.8 Å². The minimum atomic E-state index is -0.211. The van der Waals surface area contributed by atoms with E-state index in [9.17, 15) is 5.11 Å². The average Bonchev–Trinajstić information content (AvgIpc) is 2.70. The van der Waals surface area contributed by atoms with Gasteiger partial charge in [0.15, 0.2) is 0 Å². The summed E-state index contributed by atoms with van der Waals surface area (Å²) in [7, 11) is 3.48. The minimum Gasteiger partial charge on any atom is -0.391 e. The Morgan fingerprint density at radius 1 is 1.00 bits per heavy atom. The van der Waals surface area contributed by atoms with Gasteiger partial charge in [-0.25, -0.2) is 0 Å². The number of likely N-dealkylation sites (tertiary alicyclic amines) is 1. The lowest BCUT2D eigenvalue weighted by molar-refractivity contribution is -0.0213. The molecule has 0 aromatic rings. The van der Waals surface area contributed by atoms with Crippen LogP contribution < -0.4 is 0 Å². The van der Waals surface area contributed by atoms with Crippen molar-refractivity contribution in [2.24, 2.45) is 11.8 Å². The fourth-order valence-electron chi connectivity index (χ4n) is 3.87. The van der Waals surface area contributed by atoms with Crippen LogP contribution in [0.25, 0.3) is 0 Å². The molecular weight excluding hydrogens is 230 g/mol. The topological polar surface area (TPSA) is 41.9 Å². The van der Waals surface area contributed by atoms with Crippen LogP contribution in [0, 0.1) is 11.8 Å². The van der Waals surface area contributed by atoms with Crippen molar-refractivity contribution in [2.45, 2.75) is 51.0 Å². The van der Waals surface area contributed by atoms with Crippen molar-refractivity contribution in [3.8, 4) is 0 Å². The van der Waals surface area contributed by atoms with E-state index >= 15 is 0 Å². The monoisotopic (exact) mass is 257 g/mol. The molecule has 6 unspecified atom stereocenters.